The smallest absolute Gasteiger partial charge is 0.329 e. The summed E-state index contributed by atoms with van der Waals surface area (Å²) in [6.07, 6.45) is -0.135. The number of nitro benzene ring substituents is 1. The third-order valence-electron chi connectivity index (χ3n) is 4.79. The van der Waals surface area contributed by atoms with Crippen molar-refractivity contribution in [2.24, 2.45) is 5.92 Å². The zero-order valence-electron chi connectivity index (χ0n) is 19.1. The van der Waals surface area contributed by atoms with Crippen LogP contribution in [-0.4, -0.2) is 40.9 Å². The van der Waals surface area contributed by atoms with E-state index in [9.17, 15) is 24.5 Å². The molecule has 2 aromatic carbocycles. The fourth-order valence-electron chi connectivity index (χ4n) is 3.14. The van der Waals surface area contributed by atoms with Crippen LogP contribution < -0.4 is 10.6 Å². The molecule has 2 amide bonds. The second-order valence-corrected chi connectivity index (χ2v) is 8.24. The van der Waals surface area contributed by atoms with E-state index in [0.717, 1.165) is 11.6 Å². The Balaban J connectivity index is 2.19. The van der Waals surface area contributed by atoms with E-state index in [1.165, 1.54) is 18.2 Å². The SMILES string of the molecule is CC(C)OC(=O)C(Cc1ccccc1)NC(=O)C(NC(=O)c1cccc([N+](=O)[O-])c1)C(C)C. The van der Waals surface area contributed by atoms with E-state index < -0.39 is 34.8 Å². The lowest BCUT2D eigenvalue weighted by atomic mass is 10.0. The normalized spacial score (nSPS) is 12.7. The quantitative estimate of drug-likeness (QED) is 0.322. The highest BCUT2D eigenvalue weighted by Crippen LogP contribution is 2.14. The van der Waals surface area contributed by atoms with Crippen molar-refractivity contribution in [2.45, 2.75) is 52.3 Å². The molecule has 2 unspecified atom stereocenters. The Bertz CT molecular complexity index is 991. The number of benzene rings is 2. The van der Waals surface area contributed by atoms with Gasteiger partial charge in [0.1, 0.15) is 12.1 Å². The van der Waals surface area contributed by atoms with E-state index in [1.54, 1.807) is 27.7 Å². The first-order chi connectivity index (χ1) is 15.6. The number of rotatable bonds is 10. The molecular weight excluding hydrogens is 426 g/mol. The van der Waals surface area contributed by atoms with Gasteiger partial charge in [0.15, 0.2) is 0 Å². The molecule has 2 aromatic rings. The summed E-state index contributed by atoms with van der Waals surface area (Å²) in [7, 11) is 0. The number of nitro groups is 1. The van der Waals surface area contributed by atoms with Gasteiger partial charge in [-0.1, -0.05) is 50.2 Å². The first kappa shape index (κ1) is 25.5. The number of carbonyl (C=O) groups excluding carboxylic acids is 3. The van der Waals surface area contributed by atoms with Gasteiger partial charge in [0.05, 0.1) is 11.0 Å². The topological polar surface area (TPSA) is 128 Å². The molecule has 0 saturated heterocycles. The molecule has 0 aliphatic heterocycles. The van der Waals surface area contributed by atoms with Crippen molar-refractivity contribution in [1.29, 1.82) is 0 Å². The number of nitrogens with zero attached hydrogens (tertiary/aromatic N) is 1. The number of carbonyl (C=O) groups is 3. The van der Waals surface area contributed by atoms with Gasteiger partial charge in [0, 0.05) is 24.1 Å². The van der Waals surface area contributed by atoms with Crippen LogP contribution in [0.4, 0.5) is 5.69 Å². The molecule has 0 aliphatic carbocycles. The van der Waals surface area contributed by atoms with Gasteiger partial charge in [-0.05, 0) is 31.4 Å². The zero-order chi connectivity index (χ0) is 24.5. The van der Waals surface area contributed by atoms with Crippen LogP contribution in [0.3, 0.4) is 0 Å². The predicted molar refractivity (Wildman–Crippen MR) is 122 cm³/mol. The molecule has 9 heteroatoms. The zero-order valence-corrected chi connectivity index (χ0v) is 19.1. The van der Waals surface area contributed by atoms with E-state index in [0.29, 0.717) is 0 Å². The minimum Gasteiger partial charge on any atom is -0.461 e. The predicted octanol–water partition coefficient (Wildman–Crippen LogP) is 3.03. The van der Waals surface area contributed by atoms with Crippen LogP contribution in [0.2, 0.25) is 0 Å². The molecule has 0 fully saturated rings. The molecule has 2 atom stereocenters. The van der Waals surface area contributed by atoms with E-state index in [2.05, 4.69) is 10.6 Å². The molecule has 2 rings (SSSR count). The van der Waals surface area contributed by atoms with Crippen LogP contribution in [0.25, 0.3) is 0 Å². The fourth-order valence-corrected chi connectivity index (χ4v) is 3.14. The highest BCUT2D eigenvalue weighted by molar-refractivity contribution is 5.98. The first-order valence-electron chi connectivity index (χ1n) is 10.7. The molecule has 0 radical (unpaired) electrons. The molecule has 33 heavy (non-hydrogen) atoms. The Labute approximate surface area is 192 Å². The molecule has 9 nitrogen and oxygen atoms in total. The van der Waals surface area contributed by atoms with Crippen molar-refractivity contribution in [1.82, 2.24) is 10.6 Å². The summed E-state index contributed by atoms with van der Waals surface area (Å²) in [6, 6.07) is 12.5. The summed E-state index contributed by atoms with van der Waals surface area (Å²) < 4.78 is 5.31. The summed E-state index contributed by atoms with van der Waals surface area (Å²) >= 11 is 0. The Kier molecular flexibility index (Phi) is 9.08. The van der Waals surface area contributed by atoms with Crippen molar-refractivity contribution >= 4 is 23.5 Å². The average Bonchev–Trinajstić information content (AvgIpc) is 2.76. The molecule has 0 saturated carbocycles. The number of hydrogen-bond acceptors (Lipinski definition) is 6. The van der Waals surface area contributed by atoms with Gasteiger partial charge in [-0.2, -0.15) is 0 Å². The molecule has 0 heterocycles. The number of ether oxygens (including phenoxy) is 1. The van der Waals surface area contributed by atoms with Gasteiger partial charge in [0.2, 0.25) is 5.91 Å². The molecule has 0 bridgehead atoms. The molecule has 0 aliphatic rings. The van der Waals surface area contributed by atoms with Crippen molar-refractivity contribution in [3.63, 3.8) is 0 Å². The van der Waals surface area contributed by atoms with E-state index in [-0.39, 0.29) is 29.7 Å². The second-order valence-electron chi connectivity index (χ2n) is 8.24. The highest BCUT2D eigenvalue weighted by Gasteiger charge is 2.30. The number of amides is 2. The molecule has 0 aromatic heterocycles. The maximum absolute atomic E-state index is 13.1. The van der Waals surface area contributed by atoms with Gasteiger partial charge in [-0.25, -0.2) is 4.79 Å². The summed E-state index contributed by atoms with van der Waals surface area (Å²) in [5, 5.41) is 16.3. The Morgan fingerprint density at radius 3 is 2.21 bits per heavy atom. The molecule has 2 N–H and O–H groups in total. The highest BCUT2D eigenvalue weighted by atomic mass is 16.6. The van der Waals surface area contributed by atoms with Crippen LogP contribution >= 0.6 is 0 Å². The van der Waals surface area contributed by atoms with E-state index in [1.807, 2.05) is 30.3 Å². The van der Waals surface area contributed by atoms with Gasteiger partial charge in [-0.3, -0.25) is 19.7 Å². The van der Waals surface area contributed by atoms with Crippen LogP contribution in [0, 0.1) is 16.0 Å². The van der Waals surface area contributed by atoms with Crippen molar-refractivity contribution in [3.8, 4) is 0 Å². The van der Waals surface area contributed by atoms with E-state index >= 15 is 0 Å². The number of non-ortho nitro benzene ring substituents is 1. The molecular formula is C24H29N3O6. The third-order valence-corrected chi connectivity index (χ3v) is 4.79. The molecule has 176 valence electrons. The van der Waals surface area contributed by atoms with Gasteiger partial charge < -0.3 is 15.4 Å². The summed E-state index contributed by atoms with van der Waals surface area (Å²) in [4.78, 5) is 48.8. The fraction of sp³-hybridized carbons (Fsp3) is 0.375. The van der Waals surface area contributed by atoms with Crippen LogP contribution in [0.5, 0.6) is 0 Å². The number of esters is 1. The summed E-state index contributed by atoms with van der Waals surface area (Å²) in [5.41, 5.74) is 0.667. The van der Waals surface area contributed by atoms with Gasteiger partial charge in [-0.15, -0.1) is 0 Å². The maximum Gasteiger partial charge on any atom is 0.329 e. The number of hydrogen-bond donors (Lipinski definition) is 2. The minimum absolute atomic E-state index is 0.0581. The van der Waals surface area contributed by atoms with E-state index in [4.69, 9.17) is 4.74 Å². The standard InChI is InChI=1S/C24H29N3O6/c1-15(2)21(26-22(28)18-11-8-12-19(14-18)27(31)32)23(29)25-20(24(30)33-16(3)4)13-17-9-6-5-7-10-17/h5-12,14-16,20-21H,13H2,1-4H3,(H,25,29)(H,26,28). The minimum atomic E-state index is -0.970. The van der Waals surface area contributed by atoms with Crippen LogP contribution in [-0.2, 0) is 20.7 Å². The number of nitrogens with one attached hydrogen (secondary N) is 2. The van der Waals surface area contributed by atoms with Gasteiger partial charge >= 0.3 is 5.97 Å². The average molecular weight is 456 g/mol. The lowest BCUT2D eigenvalue weighted by molar-refractivity contribution is -0.384. The Morgan fingerprint density at radius 1 is 0.970 bits per heavy atom. The molecule has 0 spiro atoms. The van der Waals surface area contributed by atoms with Gasteiger partial charge in [0.25, 0.3) is 11.6 Å². The van der Waals surface area contributed by atoms with Crippen LogP contribution in [0.1, 0.15) is 43.6 Å². The third kappa shape index (κ3) is 7.71. The van der Waals surface area contributed by atoms with Crippen molar-refractivity contribution in [3.05, 3.63) is 75.8 Å². The lowest BCUT2D eigenvalue weighted by Gasteiger charge is -2.25. The summed E-state index contributed by atoms with van der Waals surface area (Å²) in [5.74, 6) is -2.07. The monoisotopic (exact) mass is 455 g/mol. The maximum atomic E-state index is 13.1. The lowest BCUT2D eigenvalue weighted by Crippen LogP contribution is -2.54. The van der Waals surface area contributed by atoms with Crippen LogP contribution in [0.15, 0.2) is 54.6 Å². The van der Waals surface area contributed by atoms with Crippen molar-refractivity contribution in [2.75, 3.05) is 0 Å². The summed E-state index contributed by atoms with van der Waals surface area (Å²) in [6.45, 7) is 6.93. The Morgan fingerprint density at radius 2 is 1.64 bits per heavy atom. The Hall–Kier alpha value is -3.75. The van der Waals surface area contributed by atoms with Crippen molar-refractivity contribution < 1.29 is 24.0 Å². The first-order valence-corrected chi connectivity index (χ1v) is 10.7. The second kappa shape index (κ2) is 11.8. The largest absolute Gasteiger partial charge is 0.461 e.